The Bertz CT molecular complexity index is 1870. The summed E-state index contributed by atoms with van der Waals surface area (Å²) < 4.78 is 29.5. The number of aryl methyl sites for hydroxylation is 1. The van der Waals surface area contributed by atoms with Gasteiger partial charge in [0.1, 0.15) is 12.6 Å². The maximum atomic E-state index is 14.7. The molecule has 5 rings (SSSR count). The fraction of sp³-hybridized carbons (Fsp3) is 0.278. The molecule has 0 spiro atoms. The zero-order chi connectivity index (χ0) is 34.4. The third-order valence-electron chi connectivity index (χ3n) is 8.39. The zero-order valence-electron chi connectivity index (χ0n) is 26.2. The molecule has 0 unspecified atom stereocenters. The van der Waals surface area contributed by atoms with Crippen molar-refractivity contribution in [3.8, 4) is 0 Å². The lowest BCUT2D eigenvalue weighted by Crippen LogP contribution is -2.54. The molecule has 0 saturated heterocycles. The van der Waals surface area contributed by atoms with Crippen LogP contribution >= 0.6 is 46.4 Å². The molecule has 0 aromatic heterocycles. The van der Waals surface area contributed by atoms with Gasteiger partial charge in [-0.1, -0.05) is 113 Å². The van der Waals surface area contributed by atoms with Crippen LogP contribution in [0.25, 0.3) is 0 Å². The quantitative estimate of drug-likeness (QED) is 0.158. The van der Waals surface area contributed by atoms with Gasteiger partial charge in [0.05, 0.1) is 30.7 Å². The van der Waals surface area contributed by atoms with Crippen LogP contribution in [0.2, 0.25) is 20.1 Å². The van der Waals surface area contributed by atoms with Crippen molar-refractivity contribution in [2.45, 2.75) is 62.6 Å². The largest absolute Gasteiger partial charge is 0.352 e. The smallest absolute Gasteiger partial charge is 0.264 e. The highest BCUT2D eigenvalue weighted by Crippen LogP contribution is 2.32. The summed E-state index contributed by atoms with van der Waals surface area (Å²) in [7, 11) is -4.29. The minimum absolute atomic E-state index is 0.00711. The molecule has 7 nitrogen and oxygen atoms in total. The lowest BCUT2D eigenvalue weighted by Gasteiger charge is -2.34. The molecule has 0 heterocycles. The number of nitrogens with one attached hydrogen (secondary N) is 1. The van der Waals surface area contributed by atoms with Crippen molar-refractivity contribution < 1.29 is 18.0 Å². The topological polar surface area (TPSA) is 86.8 Å². The van der Waals surface area contributed by atoms with Crippen molar-refractivity contribution in [2.75, 3.05) is 10.8 Å². The second-order valence-corrected chi connectivity index (χ2v) is 15.4. The van der Waals surface area contributed by atoms with E-state index < -0.39 is 28.5 Å². The van der Waals surface area contributed by atoms with E-state index in [1.807, 2.05) is 37.3 Å². The lowest BCUT2D eigenvalue weighted by molar-refractivity contribution is -0.140. The average Bonchev–Trinajstić information content (AvgIpc) is 3.58. The number of amides is 2. The maximum Gasteiger partial charge on any atom is 0.264 e. The average molecular weight is 748 g/mol. The van der Waals surface area contributed by atoms with Gasteiger partial charge >= 0.3 is 0 Å². The Morgan fingerprint density at radius 1 is 0.792 bits per heavy atom. The van der Waals surface area contributed by atoms with Gasteiger partial charge in [-0.3, -0.25) is 13.9 Å². The molecule has 1 fully saturated rings. The summed E-state index contributed by atoms with van der Waals surface area (Å²) in [5.74, 6) is -0.924. The van der Waals surface area contributed by atoms with Gasteiger partial charge in [0, 0.05) is 19.0 Å². The number of rotatable bonds is 12. The van der Waals surface area contributed by atoms with Gasteiger partial charge in [-0.05, 0) is 73.4 Å². The molecular weight excluding hydrogens is 712 g/mol. The maximum absolute atomic E-state index is 14.7. The van der Waals surface area contributed by atoms with Crippen LogP contribution < -0.4 is 9.62 Å². The van der Waals surface area contributed by atoms with Gasteiger partial charge in [-0.15, -0.1) is 0 Å². The third kappa shape index (κ3) is 8.84. The Labute approximate surface area is 301 Å². The summed E-state index contributed by atoms with van der Waals surface area (Å²) in [5.41, 5.74) is 2.47. The molecule has 0 radical (unpaired) electrons. The highest BCUT2D eigenvalue weighted by molar-refractivity contribution is 7.92. The van der Waals surface area contributed by atoms with E-state index in [0.717, 1.165) is 41.1 Å². The second-order valence-electron chi connectivity index (χ2n) is 11.9. The Kier molecular flexibility index (Phi) is 12.0. The Morgan fingerprint density at radius 2 is 1.42 bits per heavy atom. The van der Waals surface area contributed by atoms with Gasteiger partial charge in [-0.25, -0.2) is 8.42 Å². The monoisotopic (exact) mass is 745 g/mol. The van der Waals surface area contributed by atoms with E-state index in [2.05, 4.69) is 5.32 Å². The molecule has 0 aliphatic heterocycles. The van der Waals surface area contributed by atoms with Crippen LogP contribution in [0.3, 0.4) is 0 Å². The summed E-state index contributed by atoms with van der Waals surface area (Å²) in [6, 6.07) is 24.1. The first-order chi connectivity index (χ1) is 22.9. The molecule has 4 aromatic rings. The van der Waals surface area contributed by atoms with Crippen LogP contribution in [0.4, 0.5) is 5.69 Å². The van der Waals surface area contributed by atoms with Crippen molar-refractivity contribution in [3.63, 3.8) is 0 Å². The van der Waals surface area contributed by atoms with Crippen molar-refractivity contribution in [1.29, 1.82) is 0 Å². The lowest BCUT2D eigenvalue weighted by atomic mass is 10.0. The van der Waals surface area contributed by atoms with Crippen LogP contribution in [-0.4, -0.2) is 43.8 Å². The molecule has 1 aliphatic rings. The SMILES string of the molecule is Cc1ccc(S(=O)(=O)N(CC(=O)N(Cc2ccc(Cl)c(Cl)c2)[C@H](Cc2ccccc2)C(=O)NC2CCCC2)c2ccc(Cl)c(Cl)c2)cc1. The van der Waals surface area contributed by atoms with Crippen LogP contribution in [-0.2, 0) is 32.6 Å². The van der Waals surface area contributed by atoms with E-state index in [-0.39, 0.29) is 50.6 Å². The molecule has 4 aromatic carbocycles. The molecule has 1 aliphatic carbocycles. The van der Waals surface area contributed by atoms with Crippen LogP contribution in [0.15, 0.2) is 95.9 Å². The number of anilines is 1. The zero-order valence-corrected chi connectivity index (χ0v) is 30.1. The van der Waals surface area contributed by atoms with Crippen LogP contribution in [0, 0.1) is 6.92 Å². The van der Waals surface area contributed by atoms with Gasteiger partial charge < -0.3 is 10.2 Å². The van der Waals surface area contributed by atoms with Crippen molar-refractivity contribution in [2.24, 2.45) is 0 Å². The summed E-state index contributed by atoms with van der Waals surface area (Å²) in [5, 5.41) is 4.14. The summed E-state index contributed by atoms with van der Waals surface area (Å²) in [4.78, 5) is 30.2. The second kappa shape index (κ2) is 16.0. The van der Waals surface area contributed by atoms with E-state index in [9.17, 15) is 18.0 Å². The van der Waals surface area contributed by atoms with E-state index in [0.29, 0.717) is 10.6 Å². The first kappa shape index (κ1) is 36.0. The Balaban J connectivity index is 1.59. The van der Waals surface area contributed by atoms with E-state index in [1.165, 1.54) is 35.2 Å². The highest BCUT2D eigenvalue weighted by atomic mass is 35.5. The van der Waals surface area contributed by atoms with Gasteiger partial charge in [0.25, 0.3) is 10.0 Å². The van der Waals surface area contributed by atoms with Gasteiger partial charge in [0.15, 0.2) is 0 Å². The molecule has 1 saturated carbocycles. The molecule has 48 heavy (non-hydrogen) atoms. The first-order valence-electron chi connectivity index (χ1n) is 15.5. The Hall–Kier alpha value is -3.27. The fourth-order valence-corrected chi connectivity index (χ4v) is 7.78. The number of sulfonamides is 1. The standard InChI is InChI=1S/C36H35Cl4N3O4S/c1-24-11-15-29(16-12-24)48(46,47)43(28-14-18-31(38)33(40)21-28)23-35(44)42(22-26-13-17-30(37)32(39)19-26)34(20-25-7-3-2-4-8-25)36(45)41-27-9-5-6-10-27/h2-4,7-8,11-19,21,27,34H,5-6,9-10,20,22-23H2,1H3,(H,41,45)/t34-/m1/s1. The summed E-state index contributed by atoms with van der Waals surface area (Å²) in [6.45, 7) is 1.18. The fourth-order valence-electron chi connectivity index (χ4n) is 5.76. The Morgan fingerprint density at radius 3 is 2.04 bits per heavy atom. The third-order valence-corrected chi connectivity index (χ3v) is 11.7. The number of carbonyl (C=O) groups is 2. The van der Waals surface area contributed by atoms with E-state index in [1.54, 1.807) is 30.3 Å². The molecular formula is C36H35Cl4N3O4S. The van der Waals surface area contributed by atoms with Gasteiger partial charge in [0.2, 0.25) is 11.8 Å². The van der Waals surface area contributed by atoms with Crippen LogP contribution in [0.1, 0.15) is 42.4 Å². The van der Waals surface area contributed by atoms with Crippen molar-refractivity contribution in [3.05, 3.63) is 128 Å². The minimum Gasteiger partial charge on any atom is -0.352 e. The molecule has 0 bridgehead atoms. The van der Waals surface area contributed by atoms with Crippen molar-refractivity contribution in [1.82, 2.24) is 10.2 Å². The molecule has 2 amide bonds. The van der Waals surface area contributed by atoms with E-state index in [4.69, 9.17) is 46.4 Å². The number of nitrogens with zero attached hydrogens (tertiary/aromatic N) is 2. The predicted octanol–water partition coefficient (Wildman–Crippen LogP) is 8.50. The molecule has 1 atom stereocenters. The highest BCUT2D eigenvalue weighted by Gasteiger charge is 2.35. The first-order valence-corrected chi connectivity index (χ1v) is 18.5. The van der Waals surface area contributed by atoms with Crippen LogP contribution in [0.5, 0.6) is 0 Å². The summed E-state index contributed by atoms with van der Waals surface area (Å²) in [6.07, 6.45) is 3.92. The number of hydrogen-bond donors (Lipinski definition) is 1. The number of carbonyl (C=O) groups excluding carboxylic acids is 2. The number of halogens is 4. The molecule has 1 N–H and O–H groups in total. The predicted molar refractivity (Wildman–Crippen MR) is 194 cm³/mol. The van der Waals surface area contributed by atoms with E-state index >= 15 is 0 Å². The number of benzene rings is 4. The molecule has 12 heteroatoms. The summed E-state index contributed by atoms with van der Waals surface area (Å²) >= 11 is 25.1. The molecule has 252 valence electrons. The normalized spacial score (nSPS) is 14.0. The minimum atomic E-state index is -4.29. The number of hydrogen-bond acceptors (Lipinski definition) is 4. The van der Waals surface area contributed by atoms with Gasteiger partial charge in [-0.2, -0.15) is 0 Å². The van der Waals surface area contributed by atoms with Crippen molar-refractivity contribution >= 4 is 73.9 Å².